The van der Waals surface area contributed by atoms with Crippen molar-refractivity contribution in [1.82, 2.24) is 14.5 Å². The summed E-state index contributed by atoms with van der Waals surface area (Å²) >= 11 is 0. The monoisotopic (exact) mass is 454 g/mol. The molecular weight excluding hydrogens is 428 g/mol. The van der Waals surface area contributed by atoms with Gasteiger partial charge in [0.15, 0.2) is 0 Å². The molecule has 1 saturated heterocycles. The van der Waals surface area contributed by atoms with Crippen molar-refractivity contribution in [3.63, 3.8) is 0 Å². The number of nitrogens with one attached hydrogen (secondary N) is 1. The first kappa shape index (κ1) is 22.0. The van der Waals surface area contributed by atoms with Crippen LogP contribution in [-0.2, 0) is 19.6 Å². The third-order valence-corrected chi connectivity index (χ3v) is 7.77. The quantitative estimate of drug-likeness (QED) is 0.707. The Bertz CT molecular complexity index is 1130. The highest BCUT2D eigenvalue weighted by Crippen LogP contribution is 2.28. The Morgan fingerprint density at radius 2 is 1.78 bits per heavy atom. The van der Waals surface area contributed by atoms with Gasteiger partial charge < -0.3 is 16.0 Å². The van der Waals surface area contributed by atoms with Gasteiger partial charge in [-0.25, -0.2) is 8.42 Å². The predicted molar refractivity (Wildman–Crippen MR) is 120 cm³/mol. The van der Waals surface area contributed by atoms with Gasteiger partial charge >= 0.3 is 0 Å². The van der Waals surface area contributed by atoms with Gasteiger partial charge in [-0.1, -0.05) is 48.0 Å². The van der Waals surface area contributed by atoms with Crippen LogP contribution in [0.15, 0.2) is 71.9 Å². The second kappa shape index (κ2) is 8.76. The molecule has 2 heterocycles. The summed E-state index contributed by atoms with van der Waals surface area (Å²) in [5.74, 6) is -0.856. The average Bonchev–Trinajstić information content (AvgIpc) is 3.17. The first-order chi connectivity index (χ1) is 15.3. The summed E-state index contributed by atoms with van der Waals surface area (Å²) in [6.45, 7) is 2.64. The molecule has 0 aromatic heterocycles. The van der Waals surface area contributed by atoms with Crippen LogP contribution >= 0.6 is 0 Å². The number of benzene rings is 2. The molecule has 168 valence electrons. The minimum Gasteiger partial charge on any atom is -0.340 e. The van der Waals surface area contributed by atoms with E-state index in [2.05, 4.69) is 5.32 Å². The Morgan fingerprint density at radius 3 is 2.47 bits per heavy atom. The van der Waals surface area contributed by atoms with E-state index in [0.717, 1.165) is 15.4 Å². The van der Waals surface area contributed by atoms with E-state index < -0.39 is 22.0 Å². The number of sulfonamides is 1. The molecule has 0 aliphatic carbocycles. The zero-order valence-corrected chi connectivity index (χ0v) is 18.5. The van der Waals surface area contributed by atoms with E-state index in [4.69, 9.17) is 5.73 Å². The van der Waals surface area contributed by atoms with E-state index in [1.807, 2.05) is 37.3 Å². The maximum absolute atomic E-state index is 13.2. The van der Waals surface area contributed by atoms with Crippen LogP contribution in [0.25, 0.3) is 0 Å². The SMILES string of the molecule is Cc1ccc(S(=O)(=O)N2C=CNC(=O)[C@H]2CC(=O)N2C[C@@H](N)[C@H](c3ccccc3)C2)cc1. The molecule has 0 spiro atoms. The van der Waals surface area contributed by atoms with Crippen LogP contribution in [0.3, 0.4) is 0 Å². The van der Waals surface area contributed by atoms with Gasteiger partial charge in [-0.3, -0.25) is 13.9 Å². The standard InChI is InChI=1S/C23H26N4O4S/c1-16-7-9-18(10-8-16)32(30,31)27-12-11-25-23(29)21(27)13-22(28)26-14-19(20(24)15-26)17-5-3-2-4-6-17/h2-12,19-21H,13-15,24H2,1H3,(H,25,29)/t19-,20+,21+/m0/s1. The number of carbonyl (C=O) groups excluding carboxylic acids is 2. The number of nitrogens with zero attached hydrogens (tertiary/aromatic N) is 2. The Kier molecular flexibility index (Phi) is 6.03. The summed E-state index contributed by atoms with van der Waals surface area (Å²) in [7, 11) is -4.00. The van der Waals surface area contributed by atoms with Gasteiger partial charge in [-0.15, -0.1) is 0 Å². The maximum Gasteiger partial charge on any atom is 0.264 e. The van der Waals surface area contributed by atoms with E-state index in [1.165, 1.54) is 24.5 Å². The smallest absolute Gasteiger partial charge is 0.264 e. The minimum atomic E-state index is -4.00. The molecule has 8 nitrogen and oxygen atoms in total. The van der Waals surface area contributed by atoms with Crippen LogP contribution in [0.4, 0.5) is 0 Å². The lowest BCUT2D eigenvalue weighted by molar-refractivity contribution is -0.135. The zero-order valence-electron chi connectivity index (χ0n) is 17.7. The molecule has 2 aromatic carbocycles. The molecule has 32 heavy (non-hydrogen) atoms. The third-order valence-electron chi connectivity index (χ3n) is 5.97. The van der Waals surface area contributed by atoms with Crippen molar-refractivity contribution >= 4 is 21.8 Å². The molecule has 3 atom stereocenters. The molecule has 2 aliphatic heterocycles. The third kappa shape index (κ3) is 4.26. The fourth-order valence-electron chi connectivity index (χ4n) is 4.15. The van der Waals surface area contributed by atoms with Gasteiger partial charge in [0.25, 0.3) is 10.0 Å². The van der Waals surface area contributed by atoms with Crippen LogP contribution in [0.2, 0.25) is 0 Å². The van der Waals surface area contributed by atoms with Crippen molar-refractivity contribution in [2.75, 3.05) is 13.1 Å². The molecule has 0 saturated carbocycles. The van der Waals surface area contributed by atoms with Gasteiger partial charge in [0.1, 0.15) is 6.04 Å². The van der Waals surface area contributed by atoms with Gasteiger partial charge in [-0.2, -0.15) is 0 Å². The van der Waals surface area contributed by atoms with Crippen LogP contribution in [-0.4, -0.2) is 54.6 Å². The van der Waals surface area contributed by atoms with Crippen LogP contribution in [0.1, 0.15) is 23.5 Å². The Morgan fingerprint density at radius 1 is 1.09 bits per heavy atom. The Labute approximate surface area is 187 Å². The second-order valence-electron chi connectivity index (χ2n) is 8.17. The number of rotatable bonds is 5. The summed E-state index contributed by atoms with van der Waals surface area (Å²) in [6, 6.07) is 14.7. The molecule has 1 fully saturated rings. The average molecular weight is 455 g/mol. The molecule has 9 heteroatoms. The number of amides is 2. The molecule has 2 amide bonds. The predicted octanol–water partition coefficient (Wildman–Crippen LogP) is 1.30. The van der Waals surface area contributed by atoms with Gasteiger partial charge in [-0.05, 0) is 24.6 Å². The van der Waals surface area contributed by atoms with Crippen molar-refractivity contribution in [2.24, 2.45) is 5.73 Å². The van der Waals surface area contributed by atoms with E-state index in [-0.39, 0.29) is 29.2 Å². The lowest BCUT2D eigenvalue weighted by Crippen LogP contribution is -2.51. The maximum atomic E-state index is 13.2. The molecular formula is C23H26N4O4S. The fraction of sp³-hybridized carbons (Fsp3) is 0.304. The summed E-state index contributed by atoms with van der Waals surface area (Å²) in [6.07, 6.45) is 2.29. The molecule has 2 aliphatic rings. The first-order valence-electron chi connectivity index (χ1n) is 10.4. The van der Waals surface area contributed by atoms with Gasteiger partial charge in [0.05, 0.1) is 11.3 Å². The topological polar surface area (TPSA) is 113 Å². The molecule has 3 N–H and O–H groups in total. The van der Waals surface area contributed by atoms with E-state index in [1.54, 1.807) is 17.0 Å². The van der Waals surface area contributed by atoms with Crippen molar-refractivity contribution in [1.29, 1.82) is 0 Å². The highest BCUT2D eigenvalue weighted by molar-refractivity contribution is 7.89. The van der Waals surface area contributed by atoms with Crippen molar-refractivity contribution in [3.8, 4) is 0 Å². The molecule has 4 rings (SSSR count). The van der Waals surface area contributed by atoms with Crippen molar-refractivity contribution in [2.45, 2.75) is 36.2 Å². The Hall–Kier alpha value is -3.17. The second-order valence-corrected chi connectivity index (χ2v) is 10.0. The summed E-state index contributed by atoms with van der Waals surface area (Å²) < 4.78 is 27.4. The highest BCUT2D eigenvalue weighted by atomic mass is 32.2. The van der Waals surface area contributed by atoms with E-state index in [9.17, 15) is 18.0 Å². The fourth-order valence-corrected chi connectivity index (χ4v) is 5.60. The van der Waals surface area contributed by atoms with Crippen LogP contribution < -0.4 is 11.1 Å². The van der Waals surface area contributed by atoms with Crippen LogP contribution in [0, 0.1) is 6.92 Å². The van der Waals surface area contributed by atoms with Crippen molar-refractivity contribution in [3.05, 3.63) is 78.1 Å². The number of likely N-dealkylation sites (tertiary alicyclic amines) is 1. The number of hydrogen-bond acceptors (Lipinski definition) is 5. The number of aryl methyl sites for hydroxylation is 1. The molecule has 0 unspecified atom stereocenters. The summed E-state index contributed by atoms with van der Waals surface area (Å²) in [5, 5.41) is 2.51. The Balaban J connectivity index is 1.53. The summed E-state index contributed by atoms with van der Waals surface area (Å²) in [5.41, 5.74) is 8.26. The van der Waals surface area contributed by atoms with Crippen molar-refractivity contribution < 1.29 is 18.0 Å². The van der Waals surface area contributed by atoms with Gasteiger partial charge in [0.2, 0.25) is 11.8 Å². The number of nitrogens with two attached hydrogens (primary N) is 1. The first-order valence-corrected chi connectivity index (χ1v) is 11.9. The minimum absolute atomic E-state index is 0.00683. The molecule has 0 bridgehead atoms. The summed E-state index contributed by atoms with van der Waals surface area (Å²) in [4.78, 5) is 27.3. The zero-order chi connectivity index (χ0) is 22.9. The normalized spacial score (nSPS) is 23.3. The highest BCUT2D eigenvalue weighted by Gasteiger charge is 2.40. The van der Waals surface area contributed by atoms with Gasteiger partial charge in [0, 0.05) is 37.4 Å². The molecule has 2 aromatic rings. The number of carbonyl (C=O) groups is 2. The largest absolute Gasteiger partial charge is 0.340 e. The number of hydrogen-bond donors (Lipinski definition) is 2. The lowest BCUT2D eigenvalue weighted by atomic mass is 9.95. The molecule has 0 radical (unpaired) electrons. The lowest BCUT2D eigenvalue weighted by Gasteiger charge is -2.32. The van der Waals surface area contributed by atoms with E-state index >= 15 is 0 Å². The van der Waals surface area contributed by atoms with E-state index in [0.29, 0.717) is 13.1 Å². The van der Waals surface area contributed by atoms with Crippen LogP contribution in [0.5, 0.6) is 0 Å².